The van der Waals surface area contributed by atoms with Crippen LogP contribution < -0.4 is 10.9 Å². The predicted octanol–water partition coefficient (Wildman–Crippen LogP) is 3.29. The van der Waals surface area contributed by atoms with Crippen molar-refractivity contribution in [3.8, 4) is 5.69 Å². The standard InChI is InChI=1S/C23H25N3O4/c1-14-11-15(2)13-18(12-14)23(29)30-17(4)21(27)24-20-16(3)25(5)26(22(20)28)19-9-7-6-8-10-19/h6-13,17H,1-5H3,(H,24,27)/t17-/m0/s1. The second-order valence-corrected chi connectivity index (χ2v) is 7.35. The number of hydrogen-bond acceptors (Lipinski definition) is 4. The Morgan fingerprint density at radius 3 is 2.20 bits per heavy atom. The number of benzene rings is 2. The highest BCUT2D eigenvalue weighted by Crippen LogP contribution is 2.15. The molecular weight excluding hydrogens is 382 g/mol. The Morgan fingerprint density at radius 2 is 1.60 bits per heavy atom. The lowest BCUT2D eigenvalue weighted by molar-refractivity contribution is -0.123. The van der Waals surface area contributed by atoms with Gasteiger partial charge in [0.2, 0.25) is 0 Å². The van der Waals surface area contributed by atoms with Gasteiger partial charge in [-0.15, -0.1) is 0 Å². The van der Waals surface area contributed by atoms with E-state index in [2.05, 4.69) is 5.32 Å². The fraction of sp³-hybridized carbons (Fsp3) is 0.261. The first-order valence-electron chi connectivity index (χ1n) is 9.63. The fourth-order valence-electron chi connectivity index (χ4n) is 3.31. The first-order chi connectivity index (χ1) is 14.2. The Hall–Kier alpha value is -3.61. The van der Waals surface area contributed by atoms with Crippen LogP contribution in [0.25, 0.3) is 5.69 Å². The maximum Gasteiger partial charge on any atom is 0.338 e. The number of esters is 1. The van der Waals surface area contributed by atoms with Crippen molar-refractivity contribution in [3.63, 3.8) is 0 Å². The maximum atomic E-state index is 12.9. The quantitative estimate of drug-likeness (QED) is 0.658. The van der Waals surface area contributed by atoms with Gasteiger partial charge in [0.1, 0.15) is 5.69 Å². The number of ether oxygens (including phenoxy) is 1. The van der Waals surface area contributed by atoms with Gasteiger partial charge in [-0.2, -0.15) is 0 Å². The van der Waals surface area contributed by atoms with Crippen LogP contribution in [-0.4, -0.2) is 27.3 Å². The minimum atomic E-state index is -1.07. The van der Waals surface area contributed by atoms with Gasteiger partial charge in [-0.05, 0) is 52.0 Å². The fourth-order valence-corrected chi connectivity index (χ4v) is 3.31. The number of para-hydroxylation sites is 1. The number of hydrogen-bond donors (Lipinski definition) is 1. The lowest BCUT2D eigenvalue weighted by atomic mass is 10.1. The number of anilines is 1. The van der Waals surface area contributed by atoms with Crippen LogP contribution in [0.4, 0.5) is 5.69 Å². The van der Waals surface area contributed by atoms with E-state index in [1.807, 2.05) is 38.1 Å². The van der Waals surface area contributed by atoms with Crippen molar-refractivity contribution in [2.45, 2.75) is 33.8 Å². The molecule has 1 amide bonds. The summed E-state index contributed by atoms with van der Waals surface area (Å²) in [5.41, 5.74) is 3.31. The summed E-state index contributed by atoms with van der Waals surface area (Å²) in [5.74, 6) is -1.16. The lowest BCUT2D eigenvalue weighted by Crippen LogP contribution is -2.32. The summed E-state index contributed by atoms with van der Waals surface area (Å²) in [4.78, 5) is 38.0. The Kier molecular flexibility index (Phi) is 5.91. The molecule has 0 radical (unpaired) electrons. The van der Waals surface area contributed by atoms with E-state index in [9.17, 15) is 14.4 Å². The molecule has 1 aromatic heterocycles. The second-order valence-electron chi connectivity index (χ2n) is 7.35. The van der Waals surface area contributed by atoms with Crippen LogP contribution in [0.3, 0.4) is 0 Å². The van der Waals surface area contributed by atoms with E-state index in [-0.39, 0.29) is 11.2 Å². The van der Waals surface area contributed by atoms with E-state index in [0.29, 0.717) is 16.9 Å². The highest BCUT2D eigenvalue weighted by atomic mass is 16.5. The smallest absolute Gasteiger partial charge is 0.338 e. The largest absolute Gasteiger partial charge is 0.449 e. The molecule has 1 heterocycles. The van der Waals surface area contributed by atoms with Crippen LogP contribution in [0.5, 0.6) is 0 Å². The first-order valence-corrected chi connectivity index (χ1v) is 9.63. The van der Waals surface area contributed by atoms with Crippen LogP contribution in [0.15, 0.2) is 53.3 Å². The van der Waals surface area contributed by atoms with Gasteiger partial charge < -0.3 is 10.1 Å². The summed E-state index contributed by atoms with van der Waals surface area (Å²) in [7, 11) is 1.74. The van der Waals surface area contributed by atoms with Crippen molar-refractivity contribution >= 4 is 17.6 Å². The van der Waals surface area contributed by atoms with Gasteiger partial charge in [0.15, 0.2) is 6.10 Å². The van der Waals surface area contributed by atoms with Crippen LogP contribution >= 0.6 is 0 Å². The minimum absolute atomic E-state index is 0.153. The maximum absolute atomic E-state index is 12.9. The molecule has 1 N–H and O–H groups in total. The molecule has 3 rings (SSSR count). The van der Waals surface area contributed by atoms with Crippen molar-refractivity contribution in [2.24, 2.45) is 7.05 Å². The van der Waals surface area contributed by atoms with Crippen molar-refractivity contribution in [1.82, 2.24) is 9.36 Å². The third-order valence-electron chi connectivity index (χ3n) is 4.91. The van der Waals surface area contributed by atoms with Crippen molar-refractivity contribution in [2.75, 3.05) is 5.32 Å². The molecule has 2 aromatic carbocycles. The Labute approximate surface area is 174 Å². The number of carbonyl (C=O) groups is 2. The Balaban J connectivity index is 1.79. The molecule has 3 aromatic rings. The second kappa shape index (κ2) is 8.41. The number of nitrogens with one attached hydrogen (secondary N) is 1. The van der Waals surface area contributed by atoms with Crippen LogP contribution in [-0.2, 0) is 16.6 Å². The van der Waals surface area contributed by atoms with E-state index in [0.717, 1.165) is 11.1 Å². The molecule has 7 heteroatoms. The minimum Gasteiger partial charge on any atom is -0.449 e. The molecule has 0 aliphatic rings. The van der Waals surface area contributed by atoms with Crippen molar-refractivity contribution in [1.29, 1.82) is 0 Å². The summed E-state index contributed by atoms with van der Waals surface area (Å²) in [6.07, 6.45) is -1.07. The third-order valence-corrected chi connectivity index (χ3v) is 4.91. The van der Waals surface area contributed by atoms with E-state index >= 15 is 0 Å². The van der Waals surface area contributed by atoms with Crippen molar-refractivity contribution in [3.05, 3.63) is 81.3 Å². The molecule has 0 fully saturated rings. The first kappa shape index (κ1) is 21.1. The monoisotopic (exact) mass is 407 g/mol. The molecule has 1 atom stereocenters. The number of aromatic nitrogens is 2. The summed E-state index contributed by atoms with van der Waals surface area (Å²) in [6, 6.07) is 14.5. The molecule has 0 saturated heterocycles. The molecule has 0 unspecified atom stereocenters. The summed E-state index contributed by atoms with van der Waals surface area (Å²) in [5, 5.41) is 2.62. The average molecular weight is 407 g/mol. The van der Waals surface area contributed by atoms with Gasteiger partial charge in [0.25, 0.3) is 11.5 Å². The summed E-state index contributed by atoms with van der Waals surface area (Å²) in [6.45, 7) is 6.98. The highest BCUT2D eigenvalue weighted by Gasteiger charge is 2.23. The van der Waals surface area contributed by atoms with Gasteiger partial charge in [-0.3, -0.25) is 14.3 Å². The molecule has 0 aliphatic carbocycles. The predicted molar refractivity (Wildman–Crippen MR) is 115 cm³/mol. The molecule has 0 aliphatic heterocycles. The van der Waals surface area contributed by atoms with E-state index in [1.54, 1.807) is 42.9 Å². The molecule has 0 saturated carbocycles. The Bertz CT molecular complexity index is 1140. The van der Waals surface area contributed by atoms with Gasteiger partial charge >= 0.3 is 5.97 Å². The molecule has 0 spiro atoms. The van der Waals surface area contributed by atoms with Crippen LogP contribution in [0, 0.1) is 20.8 Å². The molecule has 7 nitrogen and oxygen atoms in total. The van der Waals surface area contributed by atoms with Crippen molar-refractivity contribution < 1.29 is 14.3 Å². The SMILES string of the molecule is Cc1cc(C)cc(C(=O)O[C@@H](C)C(=O)Nc2c(C)n(C)n(-c3ccccc3)c2=O)c1. The van der Waals surface area contributed by atoms with Crippen LogP contribution in [0.1, 0.15) is 34.1 Å². The van der Waals surface area contributed by atoms with Crippen LogP contribution in [0.2, 0.25) is 0 Å². The van der Waals surface area contributed by atoms with Gasteiger partial charge in [0.05, 0.1) is 16.9 Å². The van der Waals surface area contributed by atoms with E-state index < -0.39 is 18.0 Å². The zero-order chi connectivity index (χ0) is 22.0. The topological polar surface area (TPSA) is 82.3 Å². The highest BCUT2D eigenvalue weighted by molar-refractivity contribution is 5.97. The average Bonchev–Trinajstić information content (AvgIpc) is 2.91. The Morgan fingerprint density at radius 1 is 1.00 bits per heavy atom. The number of carbonyl (C=O) groups excluding carboxylic acids is 2. The summed E-state index contributed by atoms with van der Waals surface area (Å²) < 4.78 is 8.45. The summed E-state index contributed by atoms with van der Waals surface area (Å²) >= 11 is 0. The van der Waals surface area contributed by atoms with E-state index in [1.165, 1.54) is 11.6 Å². The third kappa shape index (κ3) is 4.20. The number of amides is 1. The molecule has 0 bridgehead atoms. The molecule has 156 valence electrons. The lowest BCUT2D eigenvalue weighted by Gasteiger charge is -2.13. The normalized spacial score (nSPS) is 11.8. The van der Waals surface area contributed by atoms with Gasteiger partial charge in [-0.25, -0.2) is 9.48 Å². The number of aryl methyl sites for hydroxylation is 2. The van der Waals surface area contributed by atoms with Gasteiger partial charge in [-0.1, -0.05) is 35.4 Å². The molecule has 30 heavy (non-hydrogen) atoms. The molecular formula is C23H25N3O4. The zero-order valence-corrected chi connectivity index (χ0v) is 17.7. The number of rotatable bonds is 5. The number of nitrogens with zero attached hydrogens (tertiary/aromatic N) is 2. The van der Waals surface area contributed by atoms with Gasteiger partial charge in [0, 0.05) is 7.05 Å². The zero-order valence-electron chi connectivity index (χ0n) is 17.7. The van der Waals surface area contributed by atoms with E-state index in [4.69, 9.17) is 4.74 Å².